The van der Waals surface area contributed by atoms with E-state index in [0.717, 1.165) is 34.4 Å². The highest BCUT2D eigenvalue weighted by Crippen LogP contribution is 2.34. The normalized spacial score (nSPS) is 10.0. The fraction of sp³-hybridized carbons (Fsp3) is 0.0357. The van der Waals surface area contributed by atoms with Crippen molar-refractivity contribution in [2.45, 2.75) is 6.92 Å². The largest absolute Gasteiger partial charge is 0.423 e. The molecule has 0 aliphatic carbocycles. The van der Waals surface area contributed by atoms with Crippen molar-refractivity contribution in [3.8, 4) is 39.5 Å². The van der Waals surface area contributed by atoms with E-state index in [9.17, 15) is 14.4 Å². The number of hydrogen-bond acceptors (Lipinski definition) is 6. The summed E-state index contributed by atoms with van der Waals surface area (Å²) in [7, 11) is 0. The summed E-state index contributed by atoms with van der Waals surface area (Å²) in [5, 5.41) is 0. The molecule has 0 bridgehead atoms. The van der Waals surface area contributed by atoms with Gasteiger partial charge in [0.15, 0.2) is 11.5 Å². The Morgan fingerprint density at radius 2 is 1.09 bits per heavy atom. The van der Waals surface area contributed by atoms with Gasteiger partial charge in [-0.05, 0) is 53.4 Å². The Morgan fingerprint density at radius 1 is 0.647 bits per heavy atom. The minimum Gasteiger partial charge on any atom is -0.423 e. The zero-order chi connectivity index (χ0) is 24.7. The maximum absolute atomic E-state index is 11.7. The van der Waals surface area contributed by atoms with Gasteiger partial charge in [-0.15, -0.1) is 0 Å². The maximum Gasteiger partial charge on any atom is 0.338 e. The zero-order valence-corrected chi connectivity index (χ0v) is 18.6. The molecule has 0 aromatic heterocycles. The number of rotatable bonds is 8. The highest BCUT2D eigenvalue weighted by Gasteiger charge is 2.13. The number of carbonyl (C=O) groups is 3. The molecule has 0 heterocycles. The van der Waals surface area contributed by atoms with Gasteiger partial charge in [0.2, 0.25) is 0 Å². The third-order valence-electron chi connectivity index (χ3n) is 4.66. The Labute approximate surface area is 197 Å². The summed E-state index contributed by atoms with van der Waals surface area (Å²) in [4.78, 5) is 35.0. The lowest BCUT2D eigenvalue weighted by atomic mass is 10.00. The van der Waals surface area contributed by atoms with Crippen LogP contribution in [0.25, 0.3) is 22.3 Å². The lowest BCUT2D eigenvalue weighted by molar-refractivity contribution is -0.131. The predicted octanol–water partition coefficient (Wildman–Crippen LogP) is 5.68. The monoisotopic (exact) mass is 454 g/mol. The van der Waals surface area contributed by atoms with Gasteiger partial charge in [-0.25, -0.2) is 14.4 Å². The Morgan fingerprint density at radius 3 is 1.59 bits per heavy atom. The minimum absolute atomic E-state index is 0.0848. The predicted molar refractivity (Wildman–Crippen MR) is 129 cm³/mol. The van der Waals surface area contributed by atoms with Gasteiger partial charge in [-0.1, -0.05) is 62.2 Å². The van der Waals surface area contributed by atoms with Gasteiger partial charge >= 0.3 is 17.9 Å². The van der Waals surface area contributed by atoms with Gasteiger partial charge in [0, 0.05) is 17.7 Å². The molecule has 0 atom stereocenters. The van der Waals surface area contributed by atoms with Crippen molar-refractivity contribution in [1.29, 1.82) is 0 Å². The van der Waals surface area contributed by atoms with Crippen LogP contribution in [0, 0.1) is 0 Å². The van der Waals surface area contributed by atoms with Crippen molar-refractivity contribution < 1.29 is 28.6 Å². The summed E-state index contributed by atoms with van der Waals surface area (Å²) in [5.74, 6) is -1.21. The Kier molecular flexibility index (Phi) is 7.56. The van der Waals surface area contributed by atoms with Crippen LogP contribution in [0.2, 0.25) is 0 Å². The second-order valence-corrected chi connectivity index (χ2v) is 7.18. The van der Waals surface area contributed by atoms with Crippen LogP contribution in [0.5, 0.6) is 17.2 Å². The van der Waals surface area contributed by atoms with E-state index >= 15 is 0 Å². The molecular formula is C28H22O6. The molecule has 0 unspecified atom stereocenters. The molecule has 3 aromatic carbocycles. The number of ether oxygens (including phenoxy) is 3. The van der Waals surface area contributed by atoms with Crippen LogP contribution in [0.3, 0.4) is 0 Å². The van der Waals surface area contributed by atoms with Crippen LogP contribution >= 0.6 is 0 Å². The van der Waals surface area contributed by atoms with E-state index in [2.05, 4.69) is 19.7 Å². The van der Waals surface area contributed by atoms with E-state index < -0.39 is 17.9 Å². The van der Waals surface area contributed by atoms with Crippen molar-refractivity contribution in [2.24, 2.45) is 0 Å². The van der Waals surface area contributed by atoms with Gasteiger partial charge in [0.1, 0.15) is 5.75 Å². The van der Waals surface area contributed by atoms with E-state index in [0.29, 0.717) is 11.3 Å². The molecule has 0 saturated carbocycles. The first-order chi connectivity index (χ1) is 16.3. The van der Waals surface area contributed by atoms with Crippen LogP contribution in [-0.4, -0.2) is 17.9 Å². The molecule has 0 fully saturated rings. The number of esters is 3. The van der Waals surface area contributed by atoms with E-state index in [1.54, 1.807) is 37.3 Å². The van der Waals surface area contributed by atoms with Crippen molar-refractivity contribution in [2.75, 3.05) is 0 Å². The molecule has 0 aliphatic heterocycles. The second kappa shape index (κ2) is 10.7. The van der Waals surface area contributed by atoms with Crippen LogP contribution in [0.15, 0.2) is 104 Å². The van der Waals surface area contributed by atoms with Crippen molar-refractivity contribution in [3.63, 3.8) is 0 Å². The van der Waals surface area contributed by atoms with Gasteiger partial charge in [-0.3, -0.25) is 0 Å². The van der Waals surface area contributed by atoms with Crippen LogP contribution in [-0.2, 0) is 14.4 Å². The van der Waals surface area contributed by atoms with E-state index in [1.165, 1.54) is 0 Å². The zero-order valence-electron chi connectivity index (χ0n) is 18.6. The molecule has 0 saturated heterocycles. The minimum atomic E-state index is -0.680. The first-order valence-corrected chi connectivity index (χ1v) is 10.2. The third kappa shape index (κ3) is 5.95. The summed E-state index contributed by atoms with van der Waals surface area (Å²) in [5.41, 5.74) is 3.83. The SMILES string of the molecule is C=CC(=O)Oc1ccc(-c2ccc(-c3ccc(OC(=O)C(=C)C)cc3)cc2)cc1OC(=O)C=C. The fourth-order valence-electron chi connectivity index (χ4n) is 2.92. The Bertz CT molecular complexity index is 1270. The summed E-state index contributed by atoms with van der Waals surface area (Å²) in [6, 6.07) is 19.7. The van der Waals surface area contributed by atoms with Crippen molar-refractivity contribution >= 4 is 17.9 Å². The van der Waals surface area contributed by atoms with Crippen LogP contribution < -0.4 is 14.2 Å². The lowest BCUT2D eigenvalue weighted by Crippen LogP contribution is -2.08. The van der Waals surface area contributed by atoms with E-state index in [-0.39, 0.29) is 11.5 Å². The van der Waals surface area contributed by atoms with Crippen LogP contribution in [0.1, 0.15) is 6.92 Å². The summed E-state index contributed by atoms with van der Waals surface area (Å²) in [6.07, 6.45) is 2.04. The molecule has 170 valence electrons. The number of hydrogen-bond donors (Lipinski definition) is 0. The third-order valence-corrected chi connectivity index (χ3v) is 4.66. The Balaban J connectivity index is 1.83. The topological polar surface area (TPSA) is 78.9 Å². The first kappa shape index (κ1) is 23.9. The molecule has 0 N–H and O–H groups in total. The molecule has 0 spiro atoms. The van der Waals surface area contributed by atoms with Gasteiger partial charge in [-0.2, -0.15) is 0 Å². The average molecular weight is 454 g/mol. The highest BCUT2D eigenvalue weighted by atomic mass is 16.6. The van der Waals surface area contributed by atoms with Gasteiger partial charge in [0.05, 0.1) is 0 Å². The molecule has 3 rings (SSSR count). The fourth-order valence-corrected chi connectivity index (χ4v) is 2.92. The highest BCUT2D eigenvalue weighted by molar-refractivity contribution is 5.89. The van der Waals surface area contributed by atoms with Crippen molar-refractivity contribution in [1.82, 2.24) is 0 Å². The van der Waals surface area contributed by atoms with Crippen LogP contribution in [0.4, 0.5) is 0 Å². The molecule has 34 heavy (non-hydrogen) atoms. The second-order valence-electron chi connectivity index (χ2n) is 7.18. The van der Waals surface area contributed by atoms with Gasteiger partial charge in [0.25, 0.3) is 0 Å². The van der Waals surface area contributed by atoms with Crippen molar-refractivity contribution in [3.05, 3.63) is 104 Å². The smallest absolute Gasteiger partial charge is 0.338 e. The lowest BCUT2D eigenvalue weighted by Gasteiger charge is -2.11. The maximum atomic E-state index is 11.7. The molecule has 3 aromatic rings. The molecule has 0 radical (unpaired) electrons. The summed E-state index contributed by atoms with van der Waals surface area (Å²) in [6.45, 7) is 11.9. The van der Waals surface area contributed by atoms with Gasteiger partial charge < -0.3 is 14.2 Å². The molecule has 6 nitrogen and oxygen atoms in total. The average Bonchev–Trinajstić information content (AvgIpc) is 2.85. The first-order valence-electron chi connectivity index (χ1n) is 10.2. The molecule has 0 amide bonds. The number of carbonyl (C=O) groups excluding carboxylic acids is 3. The van der Waals surface area contributed by atoms with E-state index in [1.807, 2.05) is 36.4 Å². The quantitative estimate of drug-likeness (QED) is 0.247. The standard InChI is InChI=1S/C28H22O6/c1-5-26(29)33-24-16-13-22(17-25(24)34-27(30)6-2)21-9-7-19(8-10-21)20-11-14-23(15-12-20)32-28(31)18(3)4/h5-17H,1-3H2,4H3. The molecule has 0 aliphatic rings. The molecule has 6 heteroatoms. The molecular weight excluding hydrogens is 432 g/mol. The summed E-state index contributed by atoms with van der Waals surface area (Å²) >= 11 is 0. The summed E-state index contributed by atoms with van der Waals surface area (Å²) < 4.78 is 15.6. The van der Waals surface area contributed by atoms with E-state index in [4.69, 9.17) is 14.2 Å². The Hall–Kier alpha value is -4.71. The number of benzene rings is 3.